The fourth-order valence-corrected chi connectivity index (χ4v) is 1.61. The fourth-order valence-electron chi connectivity index (χ4n) is 1.61. The van der Waals surface area contributed by atoms with Crippen molar-refractivity contribution < 1.29 is 0 Å². The maximum absolute atomic E-state index is 4.60. The van der Waals surface area contributed by atoms with Crippen LogP contribution in [0.2, 0.25) is 0 Å². The SMILES string of the molecule is C=Nc1c(C)c1=N[C@@H](C)c1ccccc1. The van der Waals surface area contributed by atoms with E-state index in [0.717, 1.165) is 11.0 Å². The van der Waals surface area contributed by atoms with Gasteiger partial charge < -0.3 is 0 Å². The lowest BCUT2D eigenvalue weighted by molar-refractivity contribution is 0.796. The number of hydrogen-bond donors (Lipinski definition) is 0. The smallest absolute Gasteiger partial charge is 0.0929 e. The number of benzene rings is 1. The highest BCUT2D eigenvalue weighted by Gasteiger charge is 2.14. The third kappa shape index (κ3) is 1.89. The first-order valence-corrected chi connectivity index (χ1v) is 5.05. The summed E-state index contributed by atoms with van der Waals surface area (Å²) in [6, 6.07) is 10.5. The van der Waals surface area contributed by atoms with Crippen molar-refractivity contribution in [3.63, 3.8) is 0 Å². The molecule has 1 atom stereocenters. The number of hydrogen-bond acceptors (Lipinski definition) is 2. The predicted molar refractivity (Wildman–Crippen MR) is 63.2 cm³/mol. The summed E-state index contributed by atoms with van der Waals surface area (Å²) in [5, 5.41) is 1.03. The number of aliphatic imine (C=N–C) groups is 1. The second-order valence-electron chi connectivity index (χ2n) is 3.70. The van der Waals surface area contributed by atoms with Gasteiger partial charge in [0.15, 0.2) is 0 Å². The van der Waals surface area contributed by atoms with E-state index < -0.39 is 0 Å². The van der Waals surface area contributed by atoms with E-state index in [1.54, 1.807) is 0 Å². The lowest BCUT2D eigenvalue weighted by Gasteiger charge is -2.03. The molecule has 76 valence electrons. The summed E-state index contributed by atoms with van der Waals surface area (Å²) >= 11 is 0. The van der Waals surface area contributed by atoms with Crippen LogP contribution in [-0.2, 0) is 0 Å². The van der Waals surface area contributed by atoms with Gasteiger partial charge in [-0.05, 0) is 26.1 Å². The second-order valence-corrected chi connectivity index (χ2v) is 3.70. The van der Waals surface area contributed by atoms with Crippen LogP contribution < -0.4 is 5.36 Å². The van der Waals surface area contributed by atoms with Crippen LogP contribution in [0.4, 0.5) is 5.69 Å². The average molecular weight is 198 g/mol. The highest BCUT2D eigenvalue weighted by molar-refractivity contribution is 5.61. The van der Waals surface area contributed by atoms with Crippen molar-refractivity contribution >= 4 is 12.4 Å². The van der Waals surface area contributed by atoms with Crippen LogP contribution in [-0.4, -0.2) is 6.72 Å². The highest BCUT2D eigenvalue weighted by atomic mass is 14.8. The summed E-state index contributed by atoms with van der Waals surface area (Å²) < 4.78 is 0. The summed E-state index contributed by atoms with van der Waals surface area (Å²) in [5.74, 6) is 0. The van der Waals surface area contributed by atoms with Crippen molar-refractivity contribution in [2.24, 2.45) is 9.98 Å². The first-order chi connectivity index (χ1) is 7.24. The van der Waals surface area contributed by atoms with Crippen LogP contribution in [0.3, 0.4) is 0 Å². The molecule has 0 unspecified atom stereocenters. The maximum atomic E-state index is 4.60. The van der Waals surface area contributed by atoms with Crippen LogP contribution >= 0.6 is 0 Å². The van der Waals surface area contributed by atoms with Crippen molar-refractivity contribution in [2.45, 2.75) is 19.9 Å². The summed E-state index contributed by atoms with van der Waals surface area (Å²) in [6.45, 7) is 7.63. The Morgan fingerprint density at radius 3 is 2.40 bits per heavy atom. The molecule has 0 heterocycles. The molecule has 0 aromatic heterocycles. The molecule has 0 aliphatic heterocycles. The fraction of sp³-hybridized carbons (Fsp3) is 0.231. The van der Waals surface area contributed by atoms with Crippen molar-refractivity contribution in [1.82, 2.24) is 0 Å². The summed E-state index contributed by atoms with van der Waals surface area (Å²) in [4.78, 5) is 8.51. The van der Waals surface area contributed by atoms with Crippen LogP contribution in [0, 0.1) is 6.92 Å². The molecule has 15 heavy (non-hydrogen) atoms. The van der Waals surface area contributed by atoms with Gasteiger partial charge in [0.2, 0.25) is 0 Å². The van der Waals surface area contributed by atoms with E-state index in [1.165, 1.54) is 11.1 Å². The molecule has 0 fully saturated rings. The topological polar surface area (TPSA) is 24.7 Å². The molecule has 0 spiro atoms. The normalized spacial score (nSPS) is 14.4. The Kier molecular flexibility index (Phi) is 2.50. The zero-order valence-electron chi connectivity index (χ0n) is 9.07. The molecule has 0 aliphatic rings. The molecule has 0 aliphatic carbocycles. The molecule has 2 aromatic rings. The Hall–Kier alpha value is -1.70. The van der Waals surface area contributed by atoms with Crippen LogP contribution in [0.5, 0.6) is 0 Å². The molecule has 0 bridgehead atoms. The quantitative estimate of drug-likeness (QED) is 0.677. The number of rotatable bonds is 3. The van der Waals surface area contributed by atoms with E-state index in [0.29, 0.717) is 0 Å². The highest BCUT2D eigenvalue weighted by Crippen LogP contribution is 2.22. The molecular formula is C13H14N2. The minimum absolute atomic E-state index is 0.190. The van der Waals surface area contributed by atoms with Crippen LogP contribution in [0.25, 0.3) is 0 Å². The van der Waals surface area contributed by atoms with E-state index in [1.807, 2.05) is 25.1 Å². The Morgan fingerprint density at radius 1 is 1.20 bits per heavy atom. The van der Waals surface area contributed by atoms with Crippen LogP contribution in [0.1, 0.15) is 24.1 Å². The van der Waals surface area contributed by atoms with Gasteiger partial charge in [-0.15, -0.1) is 0 Å². The molecule has 2 nitrogen and oxygen atoms in total. The monoisotopic (exact) mass is 198 g/mol. The first kappa shape index (κ1) is 9.84. The van der Waals surface area contributed by atoms with Gasteiger partial charge in [0.25, 0.3) is 0 Å². The van der Waals surface area contributed by atoms with Gasteiger partial charge in [-0.2, -0.15) is 0 Å². The third-order valence-corrected chi connectivity index (χ3v) is 2.64. The van der Waals surface area contributed by atoms with E-state index in [-0.39, 0.29) is 6.04 Å². The van der Waals surface area contributed by atoms with Gasteiger partial charge >= 0.3 is 0 Å². The Morgan fingerprint density at radius 2 is 1.87 bits per heavy atom. The molecule has 0 saturated carbocycles. The zero-order valence-corrected chi connectivity index (χ0v) is 9.07. The third-order valence-electron chi connectivity index (χ3n) is 2.64. The second kappa shape index (κ2) is 3.81. The van der Waals surface area contributed by atoms with E-state index >= 15 is 0 Å². The molecule has 0 N–H and O–H groups in total. The zero-order chi connectivity index (χ0) is 10.8. The lowest BCUT2D eigenvalue weighted by Crippen LogP contribution is -1.94. The Bertz CT molecular complexity index is 487. The molecule has 0 radical (unpaired) electrons. The first-order valence-electron chi connectivity index (χ1n) is 5.05. The predicted octanol–water partition coefficient (Wildman–Crippen LogP) is 2.86. The van der Waals surface area contributed by atoms with Gasteiger partial charge in [-0.3, -0.25) is 9.98 Å². The van der Waals surface area contributed by atoms with Gasteiger partial charge in [-0.1, -0.05) is 30.3 Å². The van der Waals surface area contributed by atoms with Crippen molar-refractivity contribution in [3.8, 4) is 0 Å². The van der Waals surface area contributed by atoms with E-state index in [9.17, 15) is 0 Å². The maximum Gasteiger partial charge on any atom is 0.0929 e. The van der Waals surface area contributed by atoms with Gasteiger partial charge in [0.05, 0.1) is 17.1 Å². The van der Waals surface area contributed by atoms with Gasteiger partial charge in [0.1, 0.15) is 0 Å². The molecule has 0 amide bonds. The molecule has 2 aromatic carbocycles. The lowest BCUT2D eigenvalue weighted by atomic mass is 10.1. The van der Waals surface area contributed by atoms with Crippen molar-refractivity contribution in [3.05, 3.63) is 46.8 Å². The summed E-state index contributed by atoms with van der Waals surface area (Å²) in [7, 11) is 0. The van der Waals surface area contributed by atoms with E-state index in [4.69, 9.17) is 0 Å². The molecule has 2 rings (SSSR count). The van der Waals surface area contributed by atoms with Crippen molar-refractivity contribution in [2.75, 3.05) is 0 Å². The minimum atomic E-state index is 0.190. The van der Waals surface area contributed by atoms with Gasteiger partial charge in [0, 0.05) is 5.56 Å². The number of nitrogens with zero attached hydrogens (tertiary/aromatic N) is 2. The van der Waals surface area contributed by atoms with Crippen molar-refractivity contribution in [1.29, 1.82) is 0 Å². The largest absolute Gasteiger partial charge is 0.275 e. The summed E-state index contributed by atoms with van der Waals surface area (Å²) in [6.07, 6.45) is 0. The standard InChI is InChI=1S/C13H14N2/c1-9-12(14-3)13(9)15-10(2)11-7-5-4-6-8-11/h4-8,10H,3H2,1-2H3/t10-/m0/s1. The van der Waals surface area contributed by atoms with Crippen LogP contribution in [0.15, 0.2) is 40.3 Å². The Labute approximate surface area is 89.7 Å². The average Bonchev–Trinajstić information content (AvgIpc) is 2.89. The minimum Gasteiger partial charge on any atom is -0.275 e. The molecule has 2 heteroatoms. The summed E-state index contributed by atoms with van der Waals surface area (Å²) in [5.41, 5.74) is 3.37. The van der Waals surface area contributed by atoms with E-state index in [2.05, 4.69) is 35.8 Å². The Balaban J connectivity index is 2.24. The molecular weight excluding hydrogens is 184 g/mol. The van der Waals surface area contributed by atoms with Gasteiger partial charge in [-0.25, -0.2) is 0 Å². The molecule has 0 saturated heterocycles.